The molecule has 0 unspecified atom stereocenters. The molecule has 0 spiro atoms. The molecule has 0 radical (unpaired) electrons. The van der Waals surface area contributed by atoms with Gasteiger partial charge in [-0.15, -0.1) is 0 Å². The van der Waals surface area contributed by atoms with Crippen LogP contribution in [0.5, 0.6) is 5.75 Å². The summed E-state index contributed by atoms with van der Waals surface area (Å²) < 4.78 is 31.7. The summed E-state index contributed by atoms with van der Waals surface area (Å²) in [6, 6.07) is -14.0. The number of phenols is 1. The molecule has 0 saturated carbocycles. The van der Waals surface area contributed by atoms with E-state index in [0.717, 1.165) is 0 Å². The number of rotatable bonds is 55. The third-order valence-electron chi connectivity index (χ3n) is 19.3. The van der Waals surface area contributed by atoms with Crippen LogP contribution >= 0.6 is 0 Å². The van der Waals surface area contributed by atoms with E-state index in [1.165, 1.54) is 77.0 Å². The van der Waals surface area contributed by atoms with Crippen molar-refractivity contribution in [1.29, 1.82) is 0 Å². The fraction of sp³-hybridized carbons (Fsp3) is 0.605. The zero-order chi connectivity index (χ0) is 99.6. The van der Waals surface area contributed by atoms with E-state index in [1.807, 2.05) is 0 Å². The normalized spacial score (nSPS) is 14.9. The Bertz CT molecular complexity index is 4370. The first kappa shape index (κ1) is 114. The maximum Gasteiger partial charge on any atom is 0.490 e. The summed E-state index contributed by atoms with van der Waals surface area (Å²) in [5.74, 6) is -22.3. The zero-order valence-electron chi connectivity index (χ0n) is 75.3. The Kier molecular flexibility index (Phi) is 48.7. The van der Waals surface area contributed by atoms with Crippen molar-refractivity contribution in [3.63, 3.8) is 0 Å². The third-order valence-corrected chi connectivity index (χ3v) is 19.3. The van der Waals surface area contributed by atoms with Gasteiger partial charge >= 0.3 is 18.1 Å². The van der Waals surface area contributed by atoms with Crippen LogP contribution in [0.4, 0.5) is 13.2 Å². The minimum Gasteiger partial charge on any atom is -0.508 e. The second-order valence-corrected chi connectivity index (χ2v) is 33.0. The number of aliphatic hydroxyl groups is 1. The molecule has 0 aliphatic heterocycles. The molecule has 2 aromatic heterocycles. The Morgan fingerprint density at radius 3 is 1.19 bits per heavy atom. The molecule has 16 atom stereocenters. The van der Waals surface area contributed by atoms with Crippen molar-refractivity contribution < 1.29 is 129 Å². The molecule has 18 amide bonds. The number of carboxylic acids is 2. The predicted octanol–water partition coefficient (Wildman–Crippen LogP) is -5.63. The smallest absolute Gasteiger partial charge is 0.490 e. The summed E-state index contributed by atoms with van der Waals surface area (Å²) in [7, 11) is 0. The number of aromatic nitrogens is 4. The monoisotopic (exact) mass is 1860 g/mol. The van der Waals surface area contributed by atoms with Gasteiger partial charge in [0.05, 0.1) is 50.9 Å². The lowest BCUT2D eigenvalue weighted by atomic mass is 9.96. The molecule has 0 bridgehead atoms. The topological polar surface area (TPSA) is 750 Å². The van der Waals surface area contributed by atoms with Crippen molar-refractivity contribution in [3.8, 4) is 5.75 Å². The van der Waals surface area contributed by atoms with E-state index >= 15 is 0 Å². The van der Waals surface area contributed by atoms with Crippen LogP contribution in [-0.4, -0.2) is 275 Å². The number of carbonyl (C=O) groups excluding carboxylic acids is 18. The van der Waals surface area contributed by atoms with E-state index in [-0.39, 0.29) is 80.1 Å². The van der Waals surface area contributed by atoms with Crippen molar-refractivity contribution in [2.45, 2.75) is 264 Å². The van der Waals surface area contributed by atoms with Gasteiger partial charge in [0.1, 0.15) is 84.3 Å². The third kappa shape index (κ3) is 43.9. The summed E-state index contributed by atoms with van der Waals surface area (Å²) in [5.41, 5.74) is 18.3. The number of imidazole rings is 2. The van der Waals surface area contributed by atoms with Crippen LogP contribution < -0.4 is 102 Å². The molecule has 47 nitrogen and oxygen atoms in total. The SMILES string of the molecule is CC[C@H](C)[C@H](NC(=O)CNC(=O)[C@H](C)NC(=O)[C@H](C)NC(=O)[C@H](Cc1cnc[nH]1)NC(=O)[C@H](CC(N)=O)NC(=O)CNC(=O)[C@H](C)NC(=O)CNC(=O)[C@H](Cc1cnc[nH]1)NC(=O)[C@H](CC(C)C)NC(=O)[C@H](CC(C)C)NC(=O)[C@H](CCC(=O)O)NC(=O)[C@@H](N)Cc1ccc(O)cc1)C(=O)N[C@@H](CC(C)C)C(=O)N[C@H](C(=O)N[C@@H](CC(C)C)C(N)=O)[C@@H](C)O.O=C(O)C(F)(F)F. The molecule has 50 heteroatoms. The van der Waals surface area contributed by atoms with Crippen LogP contribution in [0, 0.1) is 29.6 Å². The summed E-state index contributed by atoms with van der Waals surface area (Å²) >= 11 is 0. The number of H-pyrrole nitrogens is 2. The first-order valence-electron chi connectivity index (χ1n) is 42.0. The maximum atomic E-state index is 14.3. The highest BCUT2D eigenvalue weighted by molar-refractivity contribution is 6.01. The van der Waals surface area contributed by atoms with Gasteiger partial charge in [0.25, 0.3) is 0 Å². The average Bonchev–Trinajstić information content (AvgIpc) is 1.45. The number of nitrogens with one attached hydrogen (secondary N) is 18. The van der Waals surface area contributed by atoms with Gasteiger partial charge in [-0.1, -0.05) is 87.8 Å². The van der Waals surface area contributed by atoms with Crippen LogP contribution in [0.1, 0.15) is 165 Å². The molecule has 730 valence electrons. The fourth-order valence-corrected chi connectivity index (χ4v) is 12.2. The second kappa shape index (κ2) is 56.1. The molecule has 0 saturated heterocycles. The molecule has 3 rings (SSSR count). The molecule has 0 fully saturated rings. The van der Waals surface area contributed by atoms with Gasteiger partial charge < -0.3 is 133 Å². The number of alkyl halides is 3. The number of halogens is 3. The minimum atomic E-state index is -5.08. The average molecular weight is 1860 g/mol. The molecule has 2 heterocycles. The Morgan fingerprint density at radius 1 is 0.412 bits per heavy atom. The molecule has 0 aliphatic rings. The maximum absolute atomic E-state index is 14.3. The van der Waals surface area contributed by atoms with Crippen molar-refractivity contribution in [3.05, 3.63) is 66.3 Å². The minimum absolute atomic E-state index is 0.00720. The van der Waals surface area contributed by atoms with E-state index in [2.05, 4.69) is 105 Å². The zero-order valence-corrected chi connectivity index (χ0v) is 75.3. The van der Waals surface area contributed by atoms with Gasteiger partial charge in [0.2, 0.25) is 106 Å². The second-order valence-electron chi connectivity index (χ2n) is 33.0. The van der Waals surface area contributed by atoms with Crippen molar-refractivity contribution in [2.75, 3.05) is 19.6 Å². The highest BCUT2D eigenvalue weighted by Crippen LogP contribution is 2.18. The van der Waals surface area contributed by atoms with Gasteiger partial charge in [0, 0.05) is 43.0 Å². The van der Waals surface area contributed by atoms with Crippen LogP contribution in [0.15, 0.2) is 49.3 Å². The number of phenolic OH excluding ortho intramolecular Hbond substituents is 1. The summed E-state index contributed by atoms with van der Waals surface area (Å²) in [4.78, 5) is 277. The largest absolute Gasteiger partial charge is 0.508 e. The van der Waals surface area contributed by atoms with E-state index in [0.29, 0.717) is 17.7 Å². The number of aromatic hydroxyl groups is 1. The number of hydrogen-bond donors (Lipinski definition) is 25. The predicted molar refractivity (Wildman–Crippen MR) is 458 cm³/mol. The highest BCUT2D eigenvalue weighted by Gasteiger charge is 2.40. The summed E-state index contributed by atoms with van der Waals surface area (Å²) in [6.07, 6.45) is -3.24. The number of nitrogens with two attached hydrogens (primary N) is 3. The molecule has 131 heavy (non-hydrogen) atoms. The molecular weight excluding hydrogens is 1740 g/mol. The Morgan fingerprint density at radius 2 is 0.771 bits per heavy atom. The van der Waals surface area contributed by atoms with Crippen LogP contribution in [0.25, 0.3) is 0 Å². The summed E-state index contributed by atoms with van der Waals surface area (Å²) in [6.45, 7) is 20.0. The molecule has 28 N–H and O–H groups in total. The van der Waals surface area contributed by atoms with Gasteiger partial charge in [-0.25, -0.2) is 14.8 Å². The number of aliphatic hydroxyl groups excluding tert-OH is 1. The first-order chi connectivity index (χ1) is 61.0. The molecule has 3 aromatic rings. The number of benzene rings is 1. The number of amides is 18. The molecule has 0 aliphatic carbocycles. The van der Waals surface area contributed by atoms with Crippen LogP contribution in [0.3, 0.4) is 0 Å². The van der Waals surface area contributed by atoms with E-state index in [9.17, 15) is 120 Å². The number of carbonyl (C=O) groups is 20. The van der Waals surface area contributed by atoms with Crippen molar-refractivity contribution >= 4 is 118 Å². The number of carboxylic acid groups (broad SMARTS) is 2. The lowest BCUT2D eigenvalue weighted by molar-refractivity contribution is -0.192. The number of aliphatic carboxylic acids is 2. The quantitative estimate of drug-likeness (QED) is 0.0250. The number of hydrogen-bond acceptors (Lipinski definition) is 25. The van der Waals surface area contributed by atoms with Crippen molar-refractivity contribution in [2.24, 2.45) is 46.8 Å². The first-order valence-corrected chi connectivity index (χ1v) is 42.0. The molecule has 1 aromatic carbocycles. The Labute approximate surface area is 752 Å². The highest BCUT2D eigenvalue weighted by atomic mass is 19.4. The van der Waals surface area contributed by atoms with Gasteiger partial charge in [-0.3, -0.25) is 91.1 Å². The Hall–Kier alpha value is -13.5. The fourth-order valence-electron chi connectivity index (χ4n) is 12.2. The summed E-state index contributed by atoms with van der Waals surface area (Å²) in [5, 5.41) is 76.0. The Balaban J connectivity index is 0.00000794. The van der Waals surface area contributed by atoms with E-state index in [1.54, 1.807) is 69.2 Å². The van der Waals surface area contributed by atoms with E-state index in [4.69, 9.17) is 27.1 Å². The number of nitrogens with zero attached hydrogens (tertiary/aromatic N) is 2. The van der Waals surface area contributed by atoms with Gasteiger partial charge in [-0.05, 0) is 114 Å². The van der Waals surface area contributed by atoms with Gasteiger partial charge in [0.15, 0.2) is 0 Å². The van der Waals surface area contributed by atoms with E-state index < -0.39 is 260 Å². The molecular formula is C81H126F3N23O24. The lowest BCUT2D eigenvalue weighted by Crippen LogP contribution is -2.61. The van der Waals surface area contributed by atoms with Crippen molar-refractivity contribution in [1.82, 2.24) is 105 Å². The van der Waals surface area contributed by atoms with Gasteiger partial charge in [-0.2, -0.15) is 13.2 Å². The number of aromatic amines is 2. The van der Waals surface area contributed by atoms with Crippen LogP contribution in [0.2, 0.25) is 0 Å². The number of primary amides is 2. The lowest BCUT2D eigenvalue weighted by Gasteiger charge is -2.29. The van der Waals surface area contributed by atoms with Crippen LogP contribution in [-0.2, 0) is 115 Å². The standard InChI is InChI=1S/C79H125N23O22.C2HF3O2/c1-15-41(10)64(78(123)100-55(25-40(8)9)77(122)102-65(45(14)103)79(124)95-52(66(82)111)22-37(2)3)101-62(108)34-86-68(113)43(12)91-69(114)44(13)92-73(118)57(28-48-31-84-36-89-48)99-76(121)58(29-59(81)105)93-61(107)33-85-67(112)42(11)90-60(106)32-87-71(116)56(27-47-30-83-35-88-47)98-75(120)54(24-39(6)7)97-74(119)53(23-38(4)5)96-72(117)51(20-21-63(109)110)94-70(115)50(80)26-46-16-18-49(104)19-17-46;3-2(4,5)1(6)7/h16-19,30-31,35-45,50-58,64-65,103-104H,15,20-29,32-34,80H2,1-14H3,(H2,81,105)(H2,82,111)(H,83,88)(H,84,89)(H,85,112)(H,86,113)(H,87,116)(H,90,106)(H,91,114)(H,92,118)(H,93,107)(H,94,115)(H,95,124)(H,96,117)(H,97,119)(H,98,120)(H,99,121)(H,100,123)(H,101,108)(H,102,122)(H,109,110);(H,6,7)/t41-,42-,43-,44-,45+,50-,51-,52-,53-,54-,55-,56-,57-,58-,64-,65-;/m0./s1.